The van der Waals surface area contributed by atoms with Gasteiger partial charge in [0.15, 0.2) is 0 Å². The monoisotopic (exact) mass is 422 g/mol. The number of carboxylic acid groups (broad SMARTS) is 2. The molecular weight excluding hydrogens is 400 g/mol. The standard InChI is InChI=1S/C25H23ClO4/c1-17-21(23(27)28)8-5-14-25(17,24(29)30)15-13-20-12-11-19(16-22(20)26)10-9-18-6-3-2-4-7-18/h2-12,14,16-17H,13,15H2,1H3,(H,27,28)(H,29,30)/b10-9+. The highest BCUT2D eigenvalue weighted by atomic mass is 35.5. The third kappa shape index (κ3) is 4.55. The average Bonchev–Trinajstić information content (AvgIpc) is 2.73. The number of rotatable bonds is 7. The van der Waals surface area contributed by atoms with Crippen molar-refractivity contribution in [3.8, 4) is 0 Å². The molecule has 4 nitrogen and oxygen atoms in total. The second kappa shape index (κ2) is 9.14. The largest absolute Gasteiger partial charge is 0.481 e. The lowest BCUT2D eigenvalue weighted by molar-refractivity contribution is -0.149. The summed E-state index contributed by atoms with van der Waals surface area (Å²) in [6.45, 7) is 1.65. The van der Waals surface area contributed by atoms with Gasteiger partial charge >= 0.3 is 11.9 Å². The van der Waals surface area contributed by atoms with Gasteiger partial charge in [-0.3, -0.25) is 4.79 Å². The van der Waals surface area contributed by atoms with Crippen LogP contribution in [0.25, 0.3) is 12.2 Å². The normalized spacial score (nSPS) is 20.9. The number of aliphatic carboxylic acids is 2. The van der Waals surface area contributed by atoms with Crippen LogP contribution in [-0.2, 0) is 16.0 Å². The van der Waals surface area contributed by atoms with Gasteiger partial charge in [-0.25, -0.2) is 4.79 Å². The van der Waals surface area contributed by atoms with E-state index in [0.717, 1.165) is 16.7 Å². The highest BCUT2D eigenvalue weighted by Gasteiger charge is 2.45. The molecule has 0 heterocycles. The summed E-state index contributed by atoms with van der Waals surface area (Å²) in [6.07, 6.45) is 9.24. The molecule has 2 aromatic rings. The van der Waals surface area contributed by atoms with Crippen LogP contribution >= 0.6 is 11.6 Å². The first kappa shape index (κ1) is 21.6. The van der Waals surface area contributed by atoms with E-state index in [2.05, 4.69) is 0 Å². The van der Waals surface area contributed by atoms with Crippen LogP contribution in [0.15, 0.2) is 72.3 Å². The minimum Gasteiger partial charge on any atom is -0.481 e. The predicted molar refractivity (Wildman–Crippen MR) is 119 cm³/mol. The number of hydrogen-bond donors (Lipinski definition) is 2. The van der Waals surface area contributed by atoms with Crippen LogP contribution in [0.1, 0.15) is 30.0 Å². The van der Waals surface area contributed by atoms with Crippen LogP contribution in [0, 0.1) is 11.3 Å². The van der Waals surface area contributed by atoms with Crippen LogP contribution in [0.5, 0.6) is 0 Å². The van der Waals surface area contributed by atoms with Crippen LogP contribution in [0.3, 0.4) is 0 Å². The van der Waals surface area contributed by atoms with Crippen molar-refractivity contribution in [2.75, 3.05) is 0 Å². The van der Waals surface area contributed by atoms with Gasteiger partial charge in [0.05, 0.1) is 5.41 Å². The maximum Gasteiger partial charge on any atom is 0.331 e. The van der Waals surface area contributed by atoms with Crippen LogP contribution in [0.2, 0.25) is 5.02 Å². The smallest absolute Gasteiger partial charge is 0.331 e. The third-order valence-electron chi connectivity index (χ3n) is 5.71. The summed E-state index contributed by atoms with van der Waals surface area (Å²) in [5.74, 6) is -2.77. The fourth-order valence-electron chi connectivity index (χ4n) is 3.78. The summed E-state index contributed by atoms with van der Waals surface area (Å²) in [5, 5.41) is 19.9. The molecule has 1 aliphatic carbocycles. The van der Waals surface area contributed by atoms with Crippen molar-refractivity contribution in [3.63, 3.8) is 0 Å². The average molecular weight is 423 g/mol. The topological polar surface area (TPSA) is 74.6 Å². The lowest BCUT2D eigenvalue weighted by Crippen LogP contribution is -2.40. The molecular formula is C25H23ClO4. The SMILES string of the molecule is CC1C(C(=O)O)=CC=CC1(CCc1ccc(/C=C/c2ccccc2)cc1Cl)C(=O)O. The highest BCUT2D eigenvalue weighted by Crippen LogP contribution is 2.42. The van der Waals surface area contributed by atoms with Crippen molar-refractivity contribution in [1.29, 1.82) is 0 Å². The van der Waals surface area contributed by atoms with E-state index in [-0.39, 0.29) is 12.0 Å². The van der Waals surface area contributed by atoms with E-state index in [1.54, 1.807) is 13.0 Å². The van der Waals surface area contributed by atoms with Gasteiger partial charge in [0.1, 0.15) is 0 Å². The number of aryl methyl sites for hydroxylation is 1. The summed E-state index contributed by atoms with van der Waals surface area (Å²) in [4.78, 5) is 23.6. The Morgan fingerprint density at radius 3 is 2.40 bits per heavy atom. The maximum absolute atomic E-state index is 12.1. The number of carboxylic acids is 2. The Morgan fingerprint density at radius 1 is 1.07 bits per heavy atom. The zero-order valence-corrected chi connectivity index (χ0v) is 17.3. The van der Waals surface area contributed by atoms with Gasteiger partial charge in [0, 0.05) is 16.5 Å². The lowest BCUT2D eigenvalue weighted by Gasteiger charge is -2.35. The van der Waals surface area contributed by atoms with Gasteiger partial charge in [-0.15, -0.1) is 0 Å². The van der Waals surface area contributed by atoms with Crippen molar-refractivity contribution in [3.05, 3.63) is 94.0 Å². The molecule has 0 saturated carbocycles. The Kier molecular flexibility index (Phi) is 6.58. The van der Waals surface area contributed by atoms with E-state index in [4.69, 9.17) is 11.6 Å². The molecule has 0 bridgehead atoms. The number of allylic oxidation sites excluding steroid dienone is 2. The molecule has 0 amide bonds. The number of carbonyl (C=O) groups is 2. The minimum atomic E-state index is -1.28. The Balaban J connectivity index is 1.77. The quantitative estimate of drug-likeness (QED) is 0.558. The van der Waals surface area contributed by atoms with Gasteiger partial charge in [-0.05, 0) is 35.6 Å². The van der Waals surface area contributed by atoms with Gasteiger partial charge < -0.3 is 10.2 Å². The molecule has 3 rings (SSSR count). The zero-order valence-electron chi connectivity index (χ0n) is 16.6. The fraction of sp³-hybridized carbons (Fsp3) is 0.200. The highest BCUT2D eigenvalue weighted by molar-refractivity contribution is 6.31. The van der Waals surface area contributed by atoms with Gasteiger partial charge in [-0.1, -0.05) is 91.4 Å². The molecule has 0 fully saturated rings. The third-order valence-corrected chi connectivity index (χ3v) is 6.06. The van der Waals surface area contributed by atoms with E-state index in [9.17, 15) is 19.8 Å². The van der Waals surface area contributed by atoms with Crippen LogP contribution in [-0.4, -0.2) is 22.2 Å². The van der Waals surface area contributed by atoms with Crippen molar-refractivity contribution in [2.24, 2.45) is 11.3 Å². The zero-order chi connectivity index (χ0) is 21.7. The first-order valence-electron chi connectivity index (χ1n) is 9.71. The van der Waals surface area contributed by atoms with E-state index < -0.39 is 23.3 Å². The molecule has 0 aliphatic heterocycles. The second-order valence-electron chi connectivity index (χ2n) is 7.45. The molecule has 30 heavy (non-hydrogen) atoms. The predicted octanol–water partition coefficient (Wildman–Crippen LogP) is 5.73. The lowest BCUT2D eigenvalue weighted by atomic mass is 9.67. The molecule has 0 aromatic heterocycles. The first-order valence-corrected chi connectivity index (χ1v) is 10.1. The molecule has 154 valence electrons. The fourth-order valence-corrected chi connectivity index (χ4v) is 4.06. The Bertz CT molecular complexity index is 1040. The molecule has 2 N–H and O–H groups in total. The van der Waals surface area contributed by atoms with Crippen molar-refractivity contribution in [1.82, 2.24) is 0 Å². The first-order chi connectivity index (χ1) is 14.3. The molecule has 1 aliphatic rings. The van der Waals surface area contributed by atoms with Gasteiger partial charge in [0.25, 0.3) is 0 Å². The van der Waals surface area contributed by atoms with Crippen molar-refractivity contribution < 1.29 is 19.8 Å². The van der Waals surface area contributed by atoms with Crippen molar-refractivity contribution >= 4 is 35.7 Å². The number of halogens is 1. The van der Waals surface area contributed by atoms with E-state index >= 15 is 0 Å². The number of hydrogen-bond acceptors (Lipinski definition) is 2. The van der Waals surface area contributed by atoms with Gasteiger partial charge in [0.2, 0.25) is 0 Å². The molecule has 2 aromatic carbocycles. The summed E-state index contributed by atoms with van der Waals surface area (Å²) in [6, 6.07) is 15.6. The Hall–Kier alpha value is -3.11. The molecule has 2 unspecified atom stereocenters. The Morgan fingerprint density at radius 2 is 1.77 bits per heavy atom. The molecule has 5 heteroatoms. The van der Waals surface area contributed by atoms with Crippen LogP contribution in [0.4, 0.5) is 0 Å². The summed E-state index contributed by atoms with van der Waals surface area (Å²) in [5.41, 5.74) is 1.69. The van der Waals surface area contributed by atoms with Crippen LogP contribution < -0.4 is 0 Å². The number of benzene rings is 2. The molecule has 2 atom stereocenters. The van der Waals surface area contributed by atoms with E-state index in [0.29, 0.717) is 11.4 Å². The summed E-state index contributed by atoms with van der Waals surface area (Å²) in [7, 11) is 0. The Labute approximate surface area is 180 Å². The molecule has 0 saturated heterocycles. The minimum absolute atomic E-state index is 0.104. The van der Waals surface area contributed by atoms with E-state index in [1.807, 2.05) is 60.7 Å². The summed E-state index contributed by atoms with van der Waals surface area (Å²) < 4.78 is 0. The van der Waals surface area contributed by atoms with Gasteiger partial charge in [-0.2, -0.15) is 0 Å². The van der Waals surface area contributed by atoms with E-state index in [1.165, 1.54) is 12.2 Å². The second-order valence-corrected chi connectivity index (χ2v) is 7.86. The molecule has 0 radical (unpaired) electrons. The van der Waals surface area contributed by atoms with Crippen molar-refractivity contribution in [2.45, 2.75) is 19.8 Å². The maximum atomic E-state index is 12.1. The molecule has 0 spiro atoms. The summed E-state index contributed by atoms with van der Waals surface area (Å²) >= 11 is 6.46.